The fourth-order valence-corrected chi connectivity index (χ4v) is 5.14. The molecule has 2 unspecified atom stereocenters. The van der Waals surface area contributed by atoms with Crippen LogP contribution in [0.15, 0.2) is 4.79 Å². The van der Waals surface area contributed by atoms with Crippen molar-refractivity contribution in [2.24, 2.45) is 0 Å². The Bertz CT molecular complexity index is 1020. The molecule has 6 N–H and O–H groups in total. The summed E-state index contributed by atoms with van der Waals surface area (Å²) in [6, 6.07) is 0. The molecule has 0 radical (unpaired) electrons. The van der Waals surface area contributed by atoms with Gasteiger partial charge in [0.1, 0.15) is 30.6 Å². The van der Waals surface area contributed by atoms with Gasteiger partial charge in [-0.3, -0.25) is 19.4 Å². The molecule has 0 aromatic carbocycles. The lowest BCUT2D eigenvalue weighted by Gasteiger charge is -2.23. The summed E-state index contributed by atoms with van der Waals surface area (Å²) in [5, 5.41) is 23.3. The summed E-state index contributed by atoms with van der Waals surface area (Å²) in [4.78, 5) is 47.6. The normalized spacial score (nSPS) is 20.4. The van der Waals surface area contributed by atoms with E-state index in [0.29, 0.717) is 25.0 Å². The average molecular weight is 597 g/mol. The number of esters is 1. The second-order valence-electron chi connectivity index (χ2n) is 10.9. The van der Waals surface area contributed by atoms with E-state index in [-0.39, 0.29) is 30.6 Å². The second-order valence-corrected chi connectivity index (χ2v) is 10.9. The van der Waals surface area contributed by atoms with E-state index < -0.39 is 35.9 Å². The predicted octanol–water partition coefficient (Wildman–Crippen LogP) is 1.42. The first-order chi connectivity index (χ1) is 20.1. The molecule has 1 fully saturated rings. The summed E-state index contributed by atoms with van der Waals surface area (Å²) < 4.78 is 11.1. The molecule has 0 spiro atoms. The SMILES string of the molecule is CCN(CC)CCCN(CC)CCCCCC(=O)OC[C@@H]1O[C@H](CCCC(=O)Nc2c(C)nc(N)[nH]c2=O)C(O)C1O. The first kappa shape index (κ1) is 35.6. The number of hydrogen-bond acceptors (Lipinski definition) is 11. The zero-order chi connectivity index (χ0) is 31.1. The number of rotatable bonds is 20. The zero-order valence-electron chi connectivity index (χ0n) is 25.8. The topological polar surface area (TPSA) is 183 Å². The highest BCUT2D eigenvalue weighted by molar-refractivity contribution is 5.91. The Kier molecular flexibility index (Phi) is 16.0. The molecule has 2 rings (SSSR count). The van der Waals surface area contributed by atoms with Crippen LogP contribution in [-0.2, 0) is 19.1 Å². The van der Waals surface area contributed by atoms with Crippen molar-refractivity contribution in [1.82, 2.24) is 19.8 Å². The van der Waals surface area contributed by atoms with Crippen LogP contribution in [0.25, 0.3) is 0 Å². The number of ether oxygens (including phenoxy) is 2. The van der Waals surface area contributed by atoms with Crippen LogP contribution in [0.1, 0.15) is 77.8 Å². The van der Waals surface area contributed by atoms with Gasteiger partial charge in [-0.25, -0.2) is 4.98 Å². The number of carbonyl (C=O) groups excluding carboxylic acids is 2. The van der Waals surface area contributed by atoms with Crippen LogP contribution in [-0.4, -0.2) is 112 Å². The number of aliphatic hydroxyl groups is 2. The average Bonchev–Trinajstić information content (AvgIpc) is 3.22. The van der Waals surface area contributed by atoms with Gasteiger partial charge in [-0.15, -0.1) is 0 Å². The van der Waals surface area contributed by atoms with E-state index in [2.05, 4.69) is 45.9 Å². The highest BCUT2D eigenvalue weighted by Crippen LogP contribution is 2.25. The Labute approximate surface area is 249 Å². The Balaban J connectivity index is 1.61. The lowest BCUT2D eigenvalue weighted by molar-refractivity contribution is -0.149. The number of nitrogens with two attached hydrogens (primary N) is 1. The highest BCUT2D eigenvalue weighted by atomic mass is 16.6. The van der Waals surface area contributed by atoms with Crippen molar-refractivity contribution in [1.29, 1.82) is 0 Å². The van der Waals surface area contributed by atoms with Gasteiger partial charge in [0, 0.05) is 12.8 Å². The largest absolute Gasteiger partial charge is 0.463 e. The minimum Gasteiger partial charge on any atom is -0.463 e. The number of aryl methyl sites for hydroxylation is 1. The highest BCUT2D eigenvalue weighted by Gasteiger charge is 2.42. The molecule has 42 heavy (non-hydrogen) atoms. The van der Waals surface area contributed by atoms with Crippen LogP contribution in [0.5, 0.6) is 0 Å². The van der Waals surface area contributed by atoms with Gasteiger partial charge in [0.2, 0.25) is 11.9 Å². The Hall–Kier alpha value is -2.58. The number of anilines is 2. The van der Waals surface area contributed by atoms with Crippen LogP contribution in [0.3, 0.4) is 0 Å². The second kappa shape index (κ2) is 18.9. The van der Waals surface area contributed by atoms with Crippen molar-refractivity contribution in [2.75, 3.05) is 56.9 Å². The molecule has 4 atom stereocenters. The fraction of sp³-hybridized carbons (Fsp3) is 0.793. The molecule has 240 valence electrons. The molecule has 0 aliphatic carbocycles. The summed E-state index contributed by atoms with van der Waals surface area (Å²) in [6.07, 6.45) is 0.970. The van der Waals surface area contributed by atoms with Crippen LogP contribution in [0.2, 0.25) is 0 Å². The number of aliphatic hydroxyl groups excluding tert-OH is 2. The van der Waals surface area contributed by atoms with Crippen molar-refractivity contribution in [3.63, 3.8) is 0 Å². The van der Waals surface area contributed by atoms with Crippen LogP contribution >= 0.6 is 0 Å². The summed E-state index contributed by atoms with van der Waals surface area (Å²) in [7, 11) is 0. The first-order valence-corrected chi connectivity index (χ1v) is 15.4. The van der Waals surface area contributed by atoms with E-state index >= 15 is 0 Å². The van der Waals surface area contributed by atoms with Crippen LogP contribution < -0.4 is 16.6 Å². The molecule has 0 saturated carbocycles. The molecule has 0 bridgehead atoms. The molecular formula is C29H52N6O7. The first-order valence-electron chi connectivity index (χ1n) is 15.4. The maximum absolute atomic E-state index is 12.3. The lowest BCUT2D eigenvalue weighted by Crippen LogP contribution is -2.35. The summed E-state index contributed by atoms with van der Waals surface area (Å²) >= 11 is 0. The molecule has 1 aliphatic rings. The van der Waals surface area contributed by atoms with Gasteiger partial charge in [-0.2, -0.15) is 0 Å². The van der Waals surface area contributed by atoms with E-state index in [1.165, 1.54) is 0 Å². The van der Waals surface area contributed by atoms with E-state index in [9.17, 15) is 24.6 Å². The number of nitrogens with zero attached hydrogens (tertiary/aromatic N) is 3. The third-order valence-corrected chi connectivity index (χ3v) is 7.79. The van der Waals surface area contributed by atoms with Crippen molar-refractivity contribution < 1.29 is 29.3 Å². The summed E-state index contributed by atoms with van der Waals surface area (Å²) in [5.74, 6) is -0.784. The number of aromatic nitrogens is 2. The standard InChI is InChI=1S/C29H52N6O7/c1-5-34(6-2)17-12-18-35(7-3)16-10-8-9-15-24(37)41-19-22-27(39)26(38)21(42-22)13-11-14-23(36)32-25-20(4)31-29(30)33-28(25)40/h21-22,26-27,38-39H,5-19H2,1-4H3,(H,32,36)(H3,30,31,33,40)/t21-,22+,26?,27?/m1/s1. The Morgan fingerprint density at radius 1 is 0.952 bits per heavy atom. The van der Waals surface area contributed by atoms with E-state index in [1.54, 1.807) is 6.92 Å². The van der Waals surface area contributed by atoms with Crippen LogP contribution in [0, 0.1) is 6.92 Å². The molecular weight excluding hydrogens is 544 g/mol. The van der Waals surface area contributed by atoms with Gasteiger partial charge >= 0.3 is 5.97 Å². The van der Waals surface area contributed by atoms with Gasteiger partial charge in [-0.05, 0) is 78.3 Å². The third-order valence-electron chi connectivity index (χ3n) is 7.79. The number of aromatic amines is 1. The van der Waals surface area contributed by atoms with E-state index in [4.69, 9.17) is 15.2 Å². The van der Waals surface area contributed by atoms with Gasteiger partial charge < -0.3 is 40.5 Å². The Morgan fingerprint density at radius 3 is 2.26 bits per heavy atom. The molecule has 2 heterocycles. The van der Waals surface area contributed by atoms with Crippen molar-refractivity contribution >= 4 is 23.5 Å². The zero-order valence-corrected chi connectivity index (χ0v) is 25.8. The van der Waals surface area contributed by atoms with Crippen molar-refractivity contribution in [3.8, 4) is 0 Å². The monoisotopic (exact) mass is 596 g/mol. The number of unbranched alkanes of at least 4 members (excludes halogenated alkanes) is 2. The van der Waals surface area contributed by atoms with E-state index in [0.717, 1.165) is 65.0 Å². The van der Waals surface area contributed by atoms with Crippen molar-refractivity contribution in [2.45, 2.75) is 103 Å². The van der Waals surface area contributed by atoms with Gasteiger partial charge in [0.05, 0.1) is 11.8 Å². The smallest absolute Gasteiger partial charge is 0.305 e. The number of amides is 1. The fourth-order valence-electron chi connectivity index (χ4n) is 5.14. The molecule has 13 nitrogen and oxygen atoms in total. The van der Waals surface area contributed by atoms with E-state index in [1.807, 2.05) is 0 Å². The molecule has 1 aromatic rings. The number of nitrogens with one attached hydrogen (secondary N) is 2. The number of hydrogen-bond donors (Lipinski definition) is 5. The van der Waals surface area contributed by atoms with Gasteiger partial charge in [-0.1, -0.05) is 27.2 Å². The van der Waals surface area contributed by atoms with Crippen LogP contribution in [0.4, 0.5) is 11.6 Å². The molecule has 1 saturated heterocycles. The predicted molar refractivity (Wildman–Crippen MR) is 161 cm³/mol. The third kappa shape index (κ3) is 12.0. The Morgan fingerprint density at radius 2 is 1.60 bits per heavy atom. The maximum Gasteiger partial charge on any atom is 0.305 e. The minimum atomic E-state index is -1.19. The van der Waals surface area contributed by atoms with Gasteiger partial charge in [0.25, 0.3) is 5.56 Å². The number of H-pyrrole nitrogens is 1. The maximum atomic E-state index is 12.3. The molecule has 1 amide bonds. The number of nitrogen functional groups attached to an aromatic ring is 1. The number of carbonyl (C=O) groups is 2. The molecule has 1 aliphatic heterocycles. The van der Waals surface area contributed by atoms with Crippen molar-refractivity contribution in [3.05, 3.63) is 16.0 Å². The molecule has 13 heteroatoms. The lowest BCUT2D eigenvalue weighted by atomic mass is 10.0. The van der Waals surface area contributed by atoms with Gasteiger partial charge in [0.15, 0.2) is 0 Å². The molecule has 1 aromatic heterocycles. The minimum absolute atomic E-state index is 0.0344. The quantitative estimate of drug-likeness (QED) is 0.108. The summed E-state index contributed by atoms with van der Waals surface area (Å²) in [6.45, 7) is 14.4. The summed E-state index contributed by atoms with van der Waals surface area (Å²) in [5.41, 5.74) is 5.29.